The van der Waals surface area contributed by atoms with Crippen LogP contribution in [0.3, 0.4) is 0 Å². The van der Waals surface area contributed by atoms with Gasteiger partial charge in [0.15, 0.2) is 5.71 Å². The van der Waals surface area contributed by atoms with Crippen LogP contribution in [-0.2, 0) is 0 Å². The molecule has 3 aromatic carbocycles. The number of rotatable bonds is 4. The Bertz CT molecular complexity index is 1690. The lowest BCUT2D eigenvalue weighted by Gasteiger charge is -2.13. The molecule has 0 aromatic heterocycles. The predicted molar refractivity (Wildman–Crippen MR) is 156 cm³/mol. The molecular weight excluding hydrogens is 450 g/mol. The van der Waals surface area contributed by atoms with E-state index in [0.717, 1.165) is 28.0 Å². The molecule has 0 bridgehead atoms. The molecule has 2 aliphatic carbocycles. The van der Waals surface area contributed by atoms with Gasteiger partial charge in [0, 0.05) is 28.7 Å². The highest BCUT2D eigenvalue weighted by molar-refractivity contribution is 6.11. The van der Waals surface area contributed by atoms with E-state index in [-0.39, 0.29) is 0 Å². The van der Waals surface area contributed by atoms with Gasteiger partial charge < -0.3 is 4.42 Å². The largest absolute Gasteiger partial charge is 0.455 e. The summed E-state index contributed by atoms with van der Waals surface area (Å²) in [5, 5.41) is 2.32. The number of hydrogen-bond donors (Lipinski definition) is 0. The summed E-state index contributed by atoms with van der Waals surface area (Å²) >= 11 is 0. The summed E-state index contributed by atoms with van der Waals surface area (Å²) in [6.45, 7) is 0. The third-order valence-corrected chi connectivity index (χ3v) is 6.82. The molecule has 37 heavy (non-hydrogen) atoms. The molecule has 0 fully saturated rings. The quantitative estimate of drug-likeness (QED) is 0.236. The van der Waals surface area contributed by atoms with Crippen LogP contribution in [0.15, 0.2) is 137 Å². The third kappa shape index (κ3) is 4.39. The van der Waals surface area contributed by atoms with Gasteiger partial charge in [-0.2, -0.15) is 0 Å². The summed E-state index contributed by atoms with van der Waals surface area (Å²) < 4.78 is 8.77. The highest BCUT2D eigenvalue weighted by Gasteiger charge is 2.24. The van der Waals surface area contributed by atoms with E-state index in [0.29, 0.717) is 0 Å². The summed E-state index contributed by atoms with van der Waals surface area (Å²) in [5.41, 5.74) is 8.09. The fourth-order valence-electron chi connectivity index (χ4n) is 4.93. The van der Waals surface area contributed by atoms with Gasteiger partial charge in [0.25, 0.3) is 0 Å². The van der Waals surface area contributed by atoms with Crippen LogP contribution in [0.5, 0.6) is 0 Å². The molecule has 0 spiro atoms. The average molecular weight is 479 g/mol. The van der Waals surface area contributed by atoms with Gasteiger partial charge in [-0.15, -0.1) is 0 Å². The van der Waals surface area contributed by atoms with Gasteiger partial charge in [-0.25, -0.2) is 4.58 Å². The van der Waals surface area contributed by atoms with E-state index in [1.54, 1.807) is 0 Å². The van der Waals surface area contributed by atoms with E-state index in [4.69, 9.17) is 4.42 Å². The first-order valence-corrected chi connectivity index (χ1v) is 12.6. The smallest absolute Gasteiger partial charge is 0.199 e. The second kappa shape index (κ2) is 9.75. The van der Waals surface area contributed by atoms with E-state index in [2.05, 4.69) is 146 Å². The molecule has 3 aliphatic rings. The third-order valence-electron chi connectivity index (χ3n) is 6.82. The lowest BCUT2D eigenvalue weighted by molar-refractivity contribution is -0.462. The number of hydrogen-bond acceptors (Lipinski definition) is 1. The van der Waals surface area contributed by atoms with Crippen molar-refractivity contribution in [3.05, 3.63) is 139 Å². The maximum atomic E-state index is 6.66. The highest BCUT2D eigenvalue weighted by atomic mass is 16.3. The topological polar surface area (TPSA) is 16.1 Å². The Hall–Kier alpha value is -4.69. The Morgan fingerprint density at radius 1 is 0.676 bits per heavy atom. The maximum absolute atomic E-state index is 6.66. The molecule has 0 radical (unpaired) electrons. The van der Waals surface area contributed by atoms with Crippen LogP contribution in [0.25, 0.3) is 50.6 Å². The molecule has 0 amide bonds. The van der Waals surface area contributed by atoms with Crippen LogP contribution in [-0.4, -0.2) is 24.4 Å². The van der Waals surface area contributed by atoms with E-state index >= 15 is 0 Å². The molecular formula is C35H28NO+. The Kier molecular flexibility index (Phi) is 6.00. The summed E-state index contributed by atoms with van der Waals surface area (Å²) in [6, 6.07) is 31.6. The van der Waals surface area contributed by atoms with Gasteiger partial charge in [-0.1, -0.05) is 103 Å². The summed E-state index contributed by atoms with van der Waals surface area (Å²) in [6.07, 6.45) is 15.1. The molecule has 1 aliphatic heterocycles. The van der Waals surface area contributed by atoms with Gasteiger partial charge in [0.1, 0.15) is 25.6 Å². The zero-order chi connectivity index (χ0) is 25.2. The van der Waals surface area contributed by atoms with Gasteiger partial charge in [0.05, 0.1) is 0 Å². The van der Waals surface area contributed by atoms with Crippen molar-refractivity contribution in [2.24, 2.45) is 0 Å². The fraction of sp³-hybridized carbons (Fsp3) is 0.0571. The molecule has 0 atom stereocenters. The summed E-state index contributed by atoms with van der Waals surface area (Å²) in [4.78, 5) is 0. The summed E-state index contributed by atoms with van der Waals surface area (Å²) in [5.74, 6) is 1.79. The monoisotopic (exact) mass is 478 g/mol. The van der Waals surface area contributed by atoms with E-state index < -0.39 is 0 Å². The second-order valence-corrected chi connectivity index (χ2v) is 9.43. The molecule has 1 heterocycles. The number of benzene rings is 3. The first-order chi connectivity index (χ1) is 18.2. The van der Waals surface area contributed by atoms with Gasteiger partial charge >= 0.3 is 0 Å². The lowest BCUT2D eigenvalue weighted by Crippen LogP contribution is -2.09. The van der Waals surface area contributed by atoms with E-state index in [1.165, 1.54) is 33.4 Å². The molecule has 2 heteroatoms. The standard InChI is InChI=1S/C35H28NO/c1-36(2)28-22-20-25(21-23-28)12-11-19-30-29-17-9-10-18-31(29)35-34(30)32(26-13-5-3-6-14-26)24-33(37-35)27-15-7-4-8-16-27/h3-24H,1-2H3/q+1/b19-11+. The zero-order valence-corrected chi connectivity index (χ0v) is 21.1. The van der Waals surface area contributed by atoms with Crippen molar-refractivity contribution >= 4 is 22.6 Å². The van der Waals surface area contributed by atoms with Crippen molar-refractivity contribution in [1.82, 2.24) is 0 Å². The van der Waals surface area contributed by atoms with E-state index in [1.807, 2.05) is 6.07 Å². The minimum absolute atomic E-state index is 0.866. The molecule has 2 nitrogen and oxygen atoms in total. The van der Waals surface area contributed by atoms with Gasteiger partial charge in [-0.3, -0.25) is 0 Å². The van der Waals surface area contributed by atoms with Gasteiger partial charge in [-0.05, 0) is 45.9 Å². The van der Waals surface area contributed by atoms with Crippen molar-refractivity contribution in [1.29, 1.82) is 0 Å². The van der Waals surface area contributed by atoms with Crippen molar-refractivity contribution in [3.63, 3.8) is 0 Å². The molecule has 6 rings (SSSR count). The fourth-order valence-corrected chi connectivity index (χ4v) is 4.93. The van der Waals surface area contributed by atoms with Crippen molar-refractivity contribution in [2.45, 2.75) is 0 Å². The first-order valence-electron chi connectivity index (χ1n) is 12.6. The predicted octanol–water partition coefficient (Wildman–Crippen LogP) is 8.65. The number of allylic oxidation sites excluding steroid dienone is 7. The molecule has 3 aromatic rings. The Labute approximate surface area is 217 Å². The van der Waals surface area contributed by atoms with Crippen LogP contribution in [0, 0.1) is 0 Å². The van der Waals surface area contributed by atoms with Crippen LogP contribution < -0.4 is 0 Å². The Balaban J connectivity index is 1.55. The Morgan fingerprint density at radius 2 is 1.30 bits per heavy atom. The minimum atomic E-state index is 0.866. The minimum Gasteiger partial charge on any atom is -0.455 e. The average Bonchev–Trinajstić information content (AvgIpc) is 3.27. The lowest BCUT2D eigenvalue weighted by atomic mass is 9.95. The normalized spacial score (nSPS) is 13.2. The molecule has 0 unspecified atom stereocenters. The first kappa shape index (κ1) is 22.8. The van der Waals surface area contributed by atoms with Crippen molar-refractivity contribution in [2.75, 3.05) is 14.1 Å². The molecule has 0 N–H and O–H groups in total. The number of fused-ring (bicyclic) bond motifs is 3. The van der Waals surface area contributed by atoms with Crippen LogP contribution in [0.1, 0.15) is 5.56 Å². The molecule has 0 saturated carbocycles. The zero-order valence-electron chi connectivity index (χ0n) is 21.1. The van der Waals surface area contributed by atoms with Gasteiger partial charge in [0.2, 0.25) is 0 Å². The highest BCUT2D eigenvalue weighted by Crippen LogP contribution is 2.47. The summed E-state index contributed by atoms with van der Waals surface area (Å²) in [7, 11) is 4.12. The van der Waals surface area contributed by atoms with Crippen LogP contribution in [0.2, 0.25) is 0 Å². The van der Waals surface area contributed by atoms with E-state index in [9.17, 15) is 0 Å². The van der Waals surface area contributed by atoms with Crippen LogP contribution in [0.4, 0.5) is 0 Å². The second-order valence-electron chi connectivity index (χ2n) is 9.43. The number of nitrogens with zero attached hydrogens (tertiary/aromatic N) is 1. The maximum Gasteiger partial charge on any atom is 0.199 e. The Morgan fingerprint density at radius 3 is 1.97 bits per heavy atom. The van der Waals surface area contributed by atoms with Crippen molar-refractivity contribution < 1.29 is 8.99 Å². The molecule has 178 valence electrons. The SMILES string of the molecule is C[N+](C)=C1C=CC(=C/C=C/c2c3c(-c4ccccc4)cc(-c4ccccc4)oc-3c3ccccc23)C=C1. The van der Waals surface area contributed by atoms with Crippen molar-refractivity contribution in [3.8, 4) is 33.8 Å². The van der Waals surface area contributed by atoms with Crippen LogP contribution >= 0.6 is 0 Å². The molecule has 0 saturated heterocycles.